The van der Waals surface area contributed by atoms with Crippen LogP contribution in [0.2, 0.25) is 5.02 Å². The van der Waals surface area contributed by atoms with Crippen molar-refractivity contribution in [3.63, 3.8) is 0 Å². The van der Waals surface area contributed by atoms with Gasteiger partial charge in [0.1, 0.15) is 0 Å². The molecule has 1 saturated carbocycles. The van der Waals surface area contributed by atoms with E-state index < -0.39 is 0 Å². The lowest BCUT2D eigenvalue weighted by molar-refractivity contribution is -0.134. The summed E-state index contributed by atoms with van der Waals surface area (Å²) in [6.07, 6.45) is 8.05. The van der Waals surface area contributed by atoms with E-state index >= 15 is 0 Å². The van der Waals surface area contributed by atoms with Crippen LogP contribution >= 0.6 is 23.4 Å². The summed E-state index contributed by atoms with van der Waals surface area (Å²) in [5.41, 5.74) is 0.476. The van der Waals surface area contributed by atoms with Gasteiger partial charge in [-0.05, 0) is 70.1 Å². The first-order valence-electron chi connectivity index (χ1n) is 12.2. The fraction of sp³-hybridized carbons (Fsp3) is 0.640. The first-order chi connectivity index (χ1) is 15.9. The van der Waals surface area contributed by atoms with E-state index in [0.29, 0.717) is 58.4 Å². The van der Waals surface area contributed by atoms with E-state index in [1.807, 2.05) is 13.8 Å². The average molecular weight is 492 g/mol. The van der Waals surface area contributed by atoms with Gasteiger partial charge < -0.3 is 9.64 Å². The zero-order valence-electron chi connectivity index (χ0n) is 19.6. The summed E-state index contributed by atoms with van der Waals surface area (Å²) in [4.78, 5) is 33.3. The average Bonchev–Trinajstić information content (AvgIpc) is 2.80. The van der Waals surface area contributed by atoms with Crippen molar-refractivity contribution >= 4 is 40.2 Å². The van der Waals surface area contributed by atoms with Crippen LogP contribution in [0.1, 0.15) is 58.8 Å². The molecule has 1 amide bonds. The number of piperidine rings is 1. The maximum Gasteiger partial charge on any atom is 0.262 e. The van der Waals surface area contributed by atoms with Crippen LogP contribution < -0.4 is 5.56 Å². The van der Waals surface area contributed by atoms with E-state index in [4.69, 9.17) is 21.3 Å². The predicted molar refractivity (Wildman–Crippen MR) is 134 cm³/mol. The Labute approximate surface area is 205 Å². The molecule has 2 fully saturated rings. The summed E-state index contributed by atoms with van der Waals surface area (Å²) in [5.74, 6) is 1.11. The number of ether oxygens (including phenoxy) is 1. The van der Waals surface area contributed by atoms with Gasteiger partial charge in [-0.3, -0.25) is 14.2 Å². The van der Waals surface area contributed by atoms with E-state index in [2.05, 4.69) is 4.90 Å². The minimum Gasteiger partial charge on any atom is -0.379 e. The van der Waals surface area contributed by atoms with Crippen molar-refractivity contribution in [1.82, 2.24) is 14.5 Å². The molecule has 1 saturated heterocycles. The maximum atomic E-state index is 13.3. The molecule has 2 aromatic rings. The number of hydrogen-bond acceptors (Lipinski definition) is 5. The lowest BCUT2D eigenvalue weighted by atomic mass is 9.78. The van der Waals surface area contributed by atoms with Crippen LogP contribution in [0.5, 0.6) is 0 Å². The highest BCUT2D eigenvalue weighted by Gasteiger charge is 2.35. The highest BCUT2D eigenvalue weighted by Crippen LogP contribution is 2.35. The molecule has 2 heterocycles. The number of hydrogen-bond donors (Lipinski definition) is 0. The Kier molecular flexibility index (Phi) is 8.36. The van der Waals surface area contributed by atoms with Gasteiger partial charge in [-0.25, -0.2) is 4.98 Å². The van der Waals surface area contributed by atoms with E-state index in [9.17, 15) is 9.59 Å². The lowest BCUT2D eigenvalue weighted by Gasteiger charge is -2.44. The topological polar surface area (TPSA) is 64.4 Å². The van der Waals surface area contributed by atoms with Crippen molar-refractivity contribution in [1.29, 1.82) is 0 Å². The van der Waals surface area contributed by atoms with Gasteiger partial charge >= 0.3 is 0 Å². The summed E-state index contributed by atoms with van der Waals surface area (Å²) in [6.45, 7) is 5.92. The normalized spacial score (nSPS) is 20.9. The minimum absolute atomic E-state index is 0.0959. The highest BCUT2D eigenvalue weighted by atomic mass is 35.5. The molecule has 1 aliphatic heterocycles. The third-order valence-corrected chi connectivity index (χ3v) is 7.94. The summed E-state index contributed by atoms with van der Waals surface area (Å²) < 4.78 is 7.35. The van der Waals surface area contributed by atoms with Crippen LogP contribution in [0.25, 0.3) is 10.9 Å². The smallest absolute Gasteiger partial charge is 0.262 e. The monoisotopic (exact) mass is 491 g/mol. The fourth-order valence-electron chi connectivity index (χ4n) is 5.17. The molecule has 180 valence electrons. The van der Waals surface area contributed by atoms with Gasteiger partial charge in [0.15, 0.2) is 5.16 Å². The van der Waals surface area contributed by atoms with E-state index in [0.717, 1.165) is 19.4 Å². The Morgan fingerprint density at radius 3 is 2.85 bits per heavy atom. The molecule has 2 atom stereocenters. The van der Waals surface area contributed by atoms with E-state index in [1.165, 1.54) is 37.4 Å². The zero-order chi connectivity index (χ0) is 23.4. The molecule has 0 bridgehead atoms. The van der Waals surface area contributed by atoms with Crippen molar-refractivity contribution in [2.45, 2.75) is 82.6 Å². The second kappa shape index (κ2) is 11.2. The number of carbonyl (C=O) groups excluding carboxylic acids is 1. The second-order valence-corrected chi connectivity index (χ2v) is 10.8. The molecule has 1 aromatic heterocycles. The summed E-state index contributed by atoms with van der Waals surface area (Å²) in [6, 6.07) is 5.55. The number of carbonyl (C=O) groups is 1. The second-order valence-electron chi connectivity index (χ2n) is 9.42. The Bertz CT molecular complexity index is 1040. The van der Waals surface area contributed by atoms with Crippen molar-refractivity contribution in [2.24, 2.45) is 5.92 Å². The van der Waals surface area contributed by atoms with E-state index in [-0.39, 0.29) is 17.6 Å². The first kappa shape index (κ1) is 24.6. The predicted octanol–water partition coefficient (Wildman–Crippen LogP) is 5.14. The molecule has 0 spiro atoms. The SMILES string of the molecule is CC(C)OCCCn1c(SCC(=O)N2CCC[C@@H]3CCCC[C@@H]32)nc2cc(Cl)ccc2c1=O. The Morgan fingerprint density at radius 1 is 1.24 bits per heavy atom. The third kappa shape index (κ3) is 5.92. The molecule has 0 radical (unpaired) electrons. The van der Waals surface area contributed by atoms with Crippen molar-refractivity contribution in [2.75, 3.05) is 18.9 Å². The van der Waals surface area contributed by atoms with Crippen LogP contribution in [-0.2, 0) is 16.1 Å². The van der Waals surface area contributed by atoms with Crippen molar-refractivity contribution in [3.05, 3.63) is 33.6 Å². The summed E-state index contributed by atoms with van der Waals surface area (Å²) in [7, 11) is 0. The van der Waals surface area contributed by atoms with Gasteiger partial charge in [0, 0.05) is 30.8 Å². The Morgan fingerprint density at radius 2 is 2.03 bits per heavy atom. The Balaban J connectivity index is 1.52. The number of benzene rings is 1. The van der Waals surface area contributed by atoms with Crippen molar-refractivity contribution in [3.8, 4) is 0 Å². The number of thioether (sulfide) groups is 1. The van der Waals surface area contributed by atoms with Crippen molar-refractivity contribution < 1.29 is 9.53 Å². The Hall–Kier alpha value is -1.57. The lowest BCUT2D eigenvalue weighted by Crippen LogP contribution is -2.50. The molecule has 1 aliphatic carbocycles. The van der Waals surface area contributed by atoms with Gasteiger partial charge in [-0.15, -0.1) is 0 Å². The van der Waals surface area contributed by atoms with Crippen LogP contribution in [0.15, 0.2) is 28.2 Å². The molecule has 4 rings (SSSR count). The standard InChI is InChI=1S/C25H34ClN3O3S/c1-17(2)32-14-6-13-29-24(31)20-11-10-19(26)15-21(20)27-25(29)33-16-23(30)28-12-5-8-18-7-3-4-9-22(18)28/h10-11,15,17-18,22H,3-9,12-14,16H2,1-2H3/t18-,22-/m0/s1. The molecule has 6 nitrogen and oxygen atoms in total. The van der Waals surface area contributed by atoms with Gasteiger partial charge in [0.2, 0.25) is 5.91 Å². The molecule has 8 heteroatoms. The number of aromatic nitrogens is 2. The van der Waals surface area contributed by atoms with Crippen LogP contribution in [0, 0.1) is 5.92 Å². The number of amides is 1. The van der Waals surface area contributed by atoms with Gasteiger partial charge in [0.05, 0.1) is 22.8 Å². The molecule has 0 unspecified atom stereocenters. The van der Waals surface area contributed by atoms with Crippen LogP contribution in [0.3, 0.4) is 0 Å². The van der Waals surface area contributed by atoms with Gasteiger partial charge in [-0.1, -0.05) is 36.2 Å². The largest absolute Gasteiger partial charge is 0.379 e. The zero-order valence-corrected chi connectivity index (χ0v) is 21.2. The van der Waals surface area contributed by atoms with Gasteiger partial charge in [0.25, 0.3) is 5.56 Å². The molecule has 2 aliphatic rings. The van der Waals surface area contributed by atoms with E-state index in [1.54, 1.807) is 22.8 Å². The molecule has 0 N–H and O–H groups in total. The van der Waals surface area contributed by atoms with Gasteiger partial charge in [-0.2, -0.15) is 0 Å². The number of likely N-dealkylation sites (tertiary alicyclic amines) is 1. The number of rotatable bonds is 8. The number of fused-ring (bicyclic) bond motifs is 2. The summed E-state index contributed by atoms with van der Waals surface area (Å²) >= 11 is 7.52. The highest BCUT2D eigenvalue weighted by molar-refractivity contribution is 7.99. The minimum atomic E-state index is -0.0959. The summed E-state index contributed by atoms with van der Waals surface area (Å²) in [5, 5.41) is 1.66. The molecular formula is C25H34ClN3O3S. The molecule has 1 aromatic carbocycles. The maximum absolute atomic E-state index is 13.3. The first-order valence-corrected chi connectivity index (χ1v) is 13.5. The van der Waals surface area contributed by atoms with Crippen LogP contribution in [0.4, 0.5) is 0 Å². The fourth-order valence-corrected chi connectivity index (χ4v) is 6.24. The van der Waals surface area contributed by atoms with Crippen LogP contribution in [-0.4, -0.2) is 51.4 Å². The molecular weight excluding hydrogens is 458 g/mol. The quantitative estimate of drug-likeness (QED) is 0.290. The molecule has 33 heavy (non-hydrogen) atoms. The third-order valence-electron chi connectivity index (χ3n) is 6.75. The number of halogens is 1. The number of nitrogens with zero attached hydrogens (tertiary/aromatic N) is 3.